The predicted octanol–water partition coefficient (Wildman–Crippen LogP) is 4.45. The number of pyridine rings is 1. The van der Waals surface area contributed by atoms with Gasteiger partial charge in [0.25, 0.3) is 0 Å². The summed E-state index contributed by atoms with van der Waals surface area (Å²) in [4.78, 5) is 4.49. The van der Waals surface area contributed by atoms with E-state index < -0.39 is 0 Å². The van der Waals surface area contributed by atoms with E-state index in [1.54, 1.807) is 0 Å². The largest absolute Gasteiger partial charge is 0.310 e. The first-order valence-electron chi connectivity index (χ1n) is 8.16. The normalized spacial score (nSPS) is 12.8. The summed E-state index contributed by atoms with van der Waals surface area (Å²) in [7, 11) is 0. The maximum absolute atomic E-state index is 4.49. The van der Waals surface area contributed by atoms with E-state index in [1.807, 2.05) is 18.3 Å². The number of benzene rings is 1. The van der Waals surface area contributed by atoms with Crippen molar-refractivity contribution in [1.29, 1.82) is 0 Å². The minimum Gasteiger partial charge on any atom is -0.310 e. The molecule has 0 saturated heterocycles. The first kappa shape index (κ1) is 16.4. The highest BCUT2D eigenvalue weighted by molar-refractivity contribution is 5.82. The molecule has 0 fully saturated rings. The van der Waals surface area contributed by atoms with E-state index in [9.17, 15) is 0 Å². The molecule has 0 aliphatic rings. The molecule has 0 bridgehead atoms. The van der Waals surface area contributed by atoms with E-state index in [1.165, 1.54) is 16.5 Å². The van der Waals surface area contributed by atoms with E-state index in [2.05, 4.69) is 61.1 Å². The molecule has 1 N–H and O–H groups in total. The van der Waals surface area contributed by atoms with Crippen molar-refractivity contribution in [3.63, 3.8) is 0 Å². The van der Waals surface area contributed by atoms with Crippen molar-refractivity contribution in [2.75, 3.05) is 6.54 Å². The predicted molar refractivity (Wildman–Crippen MR) is 96.2 cm³/mol. The number of hydrogen-bond donors (Lipinski definition) is 1. The van der Waals surface area contributed by atoms with Crippen molar-refractivity contribution in [2.45, 2.75) is 39.2 Å². The Morgan fingerprint density at radius 3 is 2.86 bits per heavy atom. The van der Waals surface area contributed by atoms with Gasteiger partial charge < -0.3 is 5.32 Å². The van der Waals surface area contributed by atoms with E-state index in [0.29, 0.717) is 6.04 Å². The molecule has 0 amide bonds. The molecule has 2 nitrogen and oxygen atoms in total. The van der Waals surface area contributed by atoms with Gasteiger partial charge in [-0.1, -0.05) is 44.7 Å². The maximum atomic E-state index is 4.49. The lowest BCUT2D eigenvalue weighted by atomic mass is 9.98. The van der Waals surface area contributed by atoms with Crippen LogP contribution < -0.4 is 5.32 Å². The number of aromatic nitrogens is 1. The van der Waals surface area contributed by atoms with Gasteiger partial charge in [-0.05, 0) is 48.6 Å². The van der Waals surface area contributed by atoms with Gasteiger partial charge in [-0.2, -0.15) is 0 Å². The molecule has 0 unspecified atom stereocenters. The van der Waals surface area contributed by atoms with Gasteiger partial charge in [0.05, 0.1) is 5.52 Å². The molecule has 2 heteroatoms. The summed E-state index contributed by atoms with van der Waals surface area (Å²) in [5.41, 5.74) is 3.85. The smallest absolute Gasteiger partial charge is 0.0704 e. The summed E-state index contributed by atoms with van der Waals surface area (Å²) < 4.78 is 0. The fourth-order valence-corrected chi connectivity index (χ4v) is 2.67. The summed E-state index contributed by atoms with van der Waals surface area (Å²) in [5, 5.41) is 4.89. The summed E-state index contributed by atoms with van der Waals surface area (Å²) in [6.45, 7) is 9.00. The Balaban J connectivity index is 2.18. The molecule has 1 aromatic heterocycles. The molecule has 0 spiro atoms. The molecule has 0 aliphatic carbocycles. The molecule has 2 rings (SSSR count). The topological polar surface area (TPSA) is 24.9 Å². The van der Waals surface area contributed by atoms with Crippen LogP contribution >= 0.6 is 0 Å². The molecule has 1 aromatic carbocycles. The quantitative estimate of drug-likeness (QED) is 0.728. The van der Waals surface area contributed by atoms with Crippen molar-refractivity contribution in [2.24, 2.45) is 0 Å². The lowest BCUT2D eigenvalue weighted by molar-refractivity contribution is 0.523. The van der Waals surface area contributed by atoms with Gasteiger partial charge in [-0.25, -0.2) is 0 Å². The van der Waals surface area contributed by atoms with Gasteiger partial charge in [0.1, 0.15) is 0 Å². The number of nitrogens with one attached hydrogen (secondary N) is 1. The summed E-state index contributed by atoms with van der Waals surface area (Å²) >= 11 is 0. The highest BCUT2D eigenvalue weighted by Gasteiger charge is 2.09. The van der Waals surface area contributed by atoms with Crippen LogP contribution in [0.25, 0.3) is 10.9 Å². The average Bonchev–Trinajstić information content (AvgIpc) is 2.57. The number of hydrogen-bond acceptors (Lipinski definition) is 2. The summed E-state index contributed by atoms with van der Waals surface area (Å²) in [6.07, 6.45) is 11.0. The van der Waals surface area contributed by atoms with Crippen LogP contribution in [0, 0.1) is 0 Å². The van der Waals surface area contributed by atoms with Gasteiger partial charge in [-0.15, -0.1) is 0 Å². The third-order valence-electron chi connectivity index (χ3n) is 4.06. The highest BCUT2D eigenvalue weighted by Crippen LogP contribution is 2.20. The van der Waals surface area contributed by atoms with Crippen LogP contribution in [0.1, 0.15) is 31.4 Å². The Bertz CT molecular complexity index is 643. The van der Waals surface area contributed by atoms with Crippen LogP contribution in [-0.4, -0.2) is 17.6 Å². The highest BCUT2D eigenvalue weighted by atomic mass is 14.9. The molecule has 0 aliphatic heterocycles. The van der Waals surface area contributed by atoms with Crippen LogP contribution in [0.4, 0.5) is 0 Å². The van der Waals surface area contributed by atoms with Crippen molar-refractivity contribution < 1.29 is 0 Å². The maximum Gasteiger partial charge on any atom is 0.0704 e. The zero-order valence-corrected chi connectivity index (χ0v) is 13.7. The van der Waals surface area contributed by atoms with E-state index in [-0.39, 0.29) is 0 Å². The van der Waals surface area contributed by atoms with E-state index in [0.717, 1.165) is 31.3 Å². The molecule has 1 heterocycles. The minimum atomic E-state index is 0.477. The zero-order chi connectivity index (χ0) is 15.8. The molecule has 2 aromatic rings. The van der Waals surface area contributed by atoms with Crippen LogP contribution in [0.3, 0.4) is 0 Å². The van der Waals surface area contributed by atoms with Crippen LogP contribution in [0.15, 0.2) is 55.3 Å². The van der Waals surface area contributed by atoms with Gasteiger partial charge in [0.2, 0.25) is 0 Å². The Hall–Kier alpha value is -1.93. The first-order valence-corrected chi connectivity index (χ1v) is 8.16. The Kier molecular flexibility index (Phi) is 6.35. The zero-order valence-electron chi connectivity index (χ0n) is 13.7. The first-order chi connectivity index (χ1) is 10.8. The van der Waals surface area contributed by atoms with Crippen LogP contribution in [-0.2, 0) is 12.8 Å². The van der Waals surface area contributed by atoms with Gasteiger partial charge in [0.15, 0.2) is 0 Å². The second-order valence-corrected chi connectivity index (χ2v) is 5.56. The van der Waals surface area contributed by atoms with E-state index in [4.69, 9.17) is 0 Å². The number of allylic oxidation sites excluding steroid dienone is 2. The molecule has 1 atom stereocenters. The van der Waals surface area contributed by atoms with Crippen LogP contribution in [0.2, 0.25) is 0 Å². The number of nitrogens with zero attached hydrogens (tertiary/aromatic N) is 1. The second kappa shape index (κ2) is 8.50. The monoisotopic (exact) mass is 294 g/mol. The van der Waals surface area contributed by atoms with Crippen molar-refractivity contribution in [3.05, 3.63) is 66.4 Å². The standard InChI is InChI=1S/C20H26N2/c1-4-7-8-12-21-18(6-3)15-17-11-13-22-20-10-9-16(5-2)14-19(17)20/h4,7-11,13-14,18,21H,1,5-6,12,15H2,2-3H3/b8-7+/t18-/m0/s1. The van der Waals surface area contributed by atoms with E-state index >= 15 is 0 Å². The third-order valence-corrected chi connectivity index (χ3v) is 4.06. The van der Waals surface area contributed by atoms with Crippen LogP contribution in [0.5, 0.6) is 0 Å². The average molecular weight is 294 g/mol. The summed E-state index contributed by atoms with van der Waals surface area (Å²) in [6, 6.07) is 9.24. The molecular formula is C20H26N2. The number of rotatable bonds is 8. The second-order valence-electron chi connectivity index (χ2n) is 5.56. The Morgan fingerprint density at radius 2 is 2.14 bits per heavy atom. The number of aryl methyl sites for hydroxylation is 1. The lowest BCUT2D eigenvalue weighted by Gasteiger charge is -2.17. The molecule has 0 saturated carbocycles. The Morgan fingerprint density at radius 1 is 1.27 bits per heavy atom. The summed E-state index contributed by atoms with van der Waals surface area (Å²) in [5.74, 6) is 0. The molecule has 116 valence electrons. The van der Waals surface area contributed by atoms with Crippen molar-refractivity contribution in [3.8, 4) is 0 Å². The van der Waals surface area contributed by atoms with Gasteiger partial charge >= 0.3 is 0 Å². The van der Waals surface area contributed by atoms with Crippen molar-refractivity contribution in [1.82, 2.24) is 10.3 Å². The fourth-order valence-electron chi connectivity index (χ4n) is 2.67. The minimum absolute atomic E-state index is 0.477. The SMILES string of the molecule is C=C/C=C/CN[C@@H](CC)Cc1ccnc2ccc(CC)cc12. The number of fused-ring (bicyclic) bond motifs is 1. The lowest BCUT2D eigenvalue weighted by Crippen LogP contribution is -2.30. The Labute approximate surface area is 134 Å². The van der Waals surface area contributed by atoms with Crippen molar-refractivity contribution >= 4 is 10.9 Å². The van der Waals surface area contributed by atoms with Gasteiger partial charge in [0, 0.05) is 24.2 Å². The third kappa shape index (κ3) is 4.28. The molecular weight excluding hydrogens is 268 g/mol. The molecule has 0 radical (unpaired) electrons. The molecule has 22 heavy (non-hydrogen) atoms. The fraction of sp³-hybridized carbons (Fsp3) is 0.350. The van der Waals surface area contributed by atoms with Gasteiger partial charge in [-0.3, -0.25) is 4.98 Å².